The molecule has 3 radical (unpaired) electrons. The van der Waals surface area contributed by atoms with Gasteiger partial charge >= 0.3 is 11.9 Å². The quantitative estimate of drug-likeness (QED) is 0.0126. The number of hydrogen-bond acceptors (Lipinski definition) is 2. The van der Waals surface area contributed by atoms with Crippen LogP contribution < -0.4 is 0 Å². The first-order valence-corrected chi connectivity index (χ1v) is 28.1. The normalized spacial score (nSPS) is 12.5. The van der Waals surface area contributed by atoms with Gasteiger partial charge in [-0.15, -0.1) is 92.0 Å². The van der Waals surface area contributed by atoms with Gasteiger partial charge in [0, 0.05) is 89.4 Å². The molecule has 0 amide bonds. The summed E-state index contributed by atoms with van der Waals surface area (Å²) >= 11 is 36.6. The summed E-state index contributed by atoms with van der Waals surface area (Å²) in [7, 11) is 5.75. The molecule has 0 heterocycles. The van der Waals surface area contributed by atoms with Gasteiger partial charge in [-0.25, -0.2) is 0 Å². The number of carboxylic acid groups (broad SMARTS) is 2. The molecule has 4 nitrogen and oxygen atoms in total. The van der Waals surface area contributed by atoms with Crippen molar-refractivity contribution in [3.63, 3.8) is 0 Å². The molecule has 0 rings (SSSR count). The topological polar surface area (TPSA) is 74.6 Å². The minimum Gasteiger partial charge on any atom is -0.481 e. The summed E-state index contributed by atoms with van der Waals surface area (Å²) < 4.78 is 11.3. The van der Waals surface area contributed by atoms with Crippen LogP contribution >= 0.6 is 98.5 Å². The van der Waals surface area contributed by atoms with Gasteiger partial charge in [0.15, 0.2) is 0 Å². The molecular formula is C59H113Cl6O4P3V3-2. The fourth-order valence-corrected chi connectivity index (χ4v) is 7.84. The van der Waals surface area contributed by atoms with E-state index in [1.54, 1.807) is 25.8 Å². The van der Waals surface area contributed by atoms with Crippen molar-refractivity contribution in [3.05, 3.63) is 138 Å². The van der Waals surface area contributed by atoms with Crippen molar-refractivity contribution in [1.82, 2.24) is 0 Å². The van der Waals surface area contributed by atoms with Crippen LogP contribution in [0.2, 0.25) is 0 Å². The molecule has 0 aliphatic rings. The molecule has 0 aromatic carbocycles. The van der Waals surface area contributed by atoms with E-state index >= 15 is 0 Å². The van der Waals surface area contributed by atoms with Crippen LogP contribution in [-0.2, 0) is 65.3 Å². The Kier molecular flexibility index (Phi) is 140. The van der Waals surface area contributed by atoms with E-state index in [0.29, 0.717) is 0 Å². The van der Waals surface area contributed by atoms with Gasteiger partial charge in [-0.05, 0) is 78.6 Å². The Hall–Kier alpha value is 1.12. The van der Waals surface area contributed by atoms with Crippen molar-refractivity contribution in [2.24, 2.45) is 0 Å². The molecule has 0 saturated carbocycles. The predicted molar refractivity (Wildman–Crippen MR) is 357 cm³/mol. The molecule has 0 saturated heterocycles. The van der Waals surface area contributed by atoms with Gasteiger partial charge in [-0.3, -0.25) is 9.59 Å². The third-order valence-corrected chi connectivity index (χ3v) is 10.5. The first-order valence-electron chi connectivity index (χ1n) is 25.5. The Morgan fingerprint density at radius 3 is 1.24 bits per heavy atom. The average molecular weight is 1350 g/mol. The van der Waals surface area contributed by atoms with E-state index < -0.39 is 18.4 Å². The van der Waals surface area contributed by atoms with Gasteiger partial charge < -0.3 is 25.1 Å². The maximum atomic E-state index is 9.43. The zero-order chi connectivity index (χ0) is 56.2. The number of hydrogen-bond donors (Lipinski definition) is 2. The molecule has 0 aliphatic carbocycles. The molecule has 0 spiro atoms. The first-order chi connectivity index (χ1) is 34.1. The standard InChI is InChI=1S/C17H28.C15H29Cl3.C15H21Cl3.C5H8.C3H4O4.CH5P.CH4.2CH3.2H3P.3V.H2/c1-3-5-7-9-11-13-15-17-16-14-12-10-8-6-4-2;2*1-3-4-5-6-7-8-9-10-14(17)12-15(18)11-13(2)16;1-3-5-4-2;4-2(5)1-3(6)7;1-2;;;;;;;;;/h3,5,7,9,11,13,15,17H,4,6,8,10,12,14,16H2,1-2H3;13-15H,3-12H2,1-2H3;3-9,13-15H,1,10-12H2,2H3;3-4H,1-2,5H2;1H2,(H,4,5)(H,6,7);2H2,1H3;1H4;4*1H3;;;;1H/q;;;;;;;2*-1;;;;;;/b5-3+,9-7+,13-11+,17-15+;;5-4+,7-6+,9-8+;;;;;;;;;;;;/i;;;;;;;;;2*1D;;;;. The molecule has 0 aromatic heterocycles. The molecule has 0 aromatic rings. The number of allylic oxidation sites excluding steroid dienone is 17. The number of carbonyl (C=O) groups is 2. The second-order valence-electron chi connectivity index (χ2n) is 15.5. The van der Waals surface area contributed by atoms with Crippen LogP contribution in [0.15, 0.2) is 123 Å². The number of alkyl halides is 6. The number of unbranched alkanes of at least 4 members (excludes halogenated alkanes) is 12. The summed E-state index contributed by atoms with van der Waals surface area (Å²) in [4.78, 5) is 18.9. The molecular weight excluding hydrogens is 1230 g/mol. The fraction of sp³-hybridized carbons (Fsp3) is 0.593. The van der Waals surface area contributed by atoms with Gasteiger partial charge in [-0.2, -0.15) is 19.7 Å². The molecule has 16 heteroatoms. The summed E-state index contributed by atoms with van der Waals surface area (Å²) in [5.41, 5.74) is 0. The molecule has 2 N–H and O–H groups in total. The van der Waals surface area contributed by atoms with E-state index in [1.165, 1.54) is 89.9 Å². The van der Waals surface area contributed by atoms with E-state index in [-0.39, 0.29) is 112 Å². The summed E-state index contributed by atoms with van der Waals surface area (Å²) in [6.07, 6.45) is 58.0. The summed E-state index contributed by atoms with van der Waals surface area (Å²) in [6.45, 7) is 22.9. The Balaban J connectivity index is -0.0000000488. The van der Waals surface area contributed by atoms with Gasteiger partial charge in [0.2, 0.25) is 0 Å². The van der Waals surface area contributed by atoms with Crippen LogP contribution in [0.4, 0.5) is 0 Å². The third-order valence-electron chi connectivity index (χ3n) is 8.66. The predicted octanol–water partition coefficient (Wildman–Crippen LogP) is 22.3. The van der Waals surface area contributed by atoms with Gasteiger partial charge in [0.25, 0.3) is 0 Å². The van der Waals surface area contributed by atoms with Crippen molar-refractivity contribution in [1.29, 1.82) is 2.56 Å². The number of carboxylic acids is 2. The maximum absolute atomic E-state index is 9.43. The Morgan fingerprint density at radius 2 is 0.893 bits per heavy atom. The molecule has 0 aliphatic heterocycles. The molecule has 9 atom stereocenters. The van der Waals surface area contributed by atoms with Crippen molar-refractivity contribution >= 4 is 110 Å². The fourth-order valence-electron chi connectivity index (χ4n) is 5.40. The smallest absolute Gasteiger partial charge is 0.314 e. The zero-order valence-corrected chi connectivity index (χ0v) is 59.2. The minimum absolute atomic E-state index is 0. The summed E-state index contributed by atoms with van der Waals surface area (Å²) in [5.74, 6) is -2.62. The maximum Gasteiger partial charge on any atom is 0.314 e. The zero-order valence-electron chi connectivity index (χ0n) is 49.0. The van der Waals surface area contributed by atoms with Crippen LogP contribution in [0, 0.1) is 14.9 Å². The third kappa shape index (κ3) is 132. The van der Waals surface area contributed by atoms with Crippen molar-refractivity contribution < 1.29 is 76.9 Å². The molecule has 447 valence electrons. The average Bonchev–Trinajstić information content (AvgIpc) is 3.32. The second kappa shape index (κ2) is 100. The van der Waals surface area contributed by atoms with Gasteiger partial charge in [0.1, 0.15) is 6.42 Å². The Morgan fingerprint density at radius 1 is 0.547 bits per heavy atom. The SMILES string of the molecule is C.C/C=C/C=C/C=C/C=C/CCCCCCCC.C=C/C=C/C=C/C=C/CC(Cl)CC(Cl)CC(C)Cl.C=CCC=C.CCCCCCCCCC(Cl)CC(Cl)CC(C)Cl.CP.O=C(O)CC(=O)O.[2H]P.[2H]P.[CH3-].[CH3-].[HH].[V].[V].[V]. The number of halogens is 6. The Labute approximate surface area is 545 Å². The van der Waals surface area contributed by atoms with Gasteiger partial charge in [0.05, 0.1) is 2.56 Å². The van der Waals surface area contributed by atoms with E-state index in [4.69, 9.17) is 82.4 Å². The second-order valence-corrected chi connectivity index (χ2v) is 19.5. The molecule has 75 heavy (non-hydrogen) atoms. The molecule has 0 bridgehead atoms. The van der Waals surface area contributed by atoms with Gasteiger partial charge in [-0.1, -0.05) is 215 Å². The van der Waals surface area contributed by atoms with E-state index in [0.717, 1.165) is 44.9 Å². The van der Waals surface area contributed by atoms with E-state index in [1.807, 2.05) is 94.3 Å². The van der Waals surface area contributed by atoms with Crippen molar-refractivity contribution in [2.45, 2.75) is 216 Å². The van der Waals surface area contributed by atoms with Crippen LogP contribution in [0.5, 0.6) is 0 Å². The largest absolute Gasteiger partial charge is 0.481 e. The Bertz CT molecular complexity index is 1310. The molecule has 9 unspecified atom stereocenters. The first kappa shape index (κ1) is 104. The van der Waals surface area contributed by atoms with Crippen molar-refractivity contribution in [2.75, 3.05) is 6.66 Å². The van der Waals surface area contributed by atoms with Crippen LogP contribution in [-0.4, -0.2) is 63.6 Å². The van der Waals surface area contributed by atoms with E-state index in [2.05, 4.69) is 73.2 Å². The molecule has 0 fully saturated rings. The van der Waals surface area contributed by atoms with Crippen molar-refractivity contribution in [3.8, 4) is 0 Å². The number of rotatable bonds is 35. The monoisotopic (exact) mass is 1340 g/mol. The number of aliphatic carboxylic acids is 2. The summed E-state index contributed by atoms with van der Waals surface area (Å²) in [5, 5.41) is 16.1. The summed E-state index contributed by atoms with van der Waals surface area (Å²) in [6, 6.07) is 0. The van der Waals surface area contributed by atoms with E-state index in [9.17, 15) is 9.59 Å². The minimum atomic E-state index is -1.31. The van der Waals surface area contributed by atoms with Crippen LogP contribution in [0.25, 0.3) is 0 Å². The van der Waals surface area contributed by atoms with Crippen LogP contribution in [0.1, 0.15) is 185 Å². The van der Waals surface area contributed by atoms with Crippen LogP contribution in [0.3, 0.4) is 0 Å².